The summed E-state index contributed by atoms with van der Waals surface area (Å²) in [4.78, 5) is 30.8. The van der Waals surface area contributed by atoms with Crippen LogP contribution in [-0.4, -0.2) is 46.8 Å². The molecule has 1 aromatic carbocycles. The monoisotopic (exact) mass is 512 g/mol. The summed E-state index contributed by atoms with van der Waals surface area (Å²) in [5.74, 6) is -3.85. The van der Waals surface area contributed by atoms with Crippen molar-refractivity contribution in [3.8, 4) is 0 Å². The molecule has 0 aliphatic heterocycles. The second-order valence-corrected chi connectivity index (χ2v) is 9.31. The lowest BCUT2D eigenvalue weighted by molar-refractivity contribution is -0.135. The van der Waals surface area contributed by atoms with Crippen molar-refractivity contribution in [1.29, 1.82) is 0 Å². The van der Waals surface area contributed by atoms with Gasteiger partial charge in [0.05, 0.1) is 9.80 Å². The molecule has 0 saturated carbocycles. The van der Waals surface area contributed by atoms with Crippen molar-refractivity contribution < 1.29 is 43.2 Å². The molecule has 0 atom stereocenters. The summed E-state index contributed by atoms with van der Waals surface area (Å²) in [7, 11) is -3.71. The number of aliphatic hydroxyl groups is 1. The van der Waals surface area contributed by atoms with Gasteiger partial charge in [-0.2, -0.15) is 0 Å². The number of hydrogen-bond acceptors (Lipinski definition) is 6. The number of aliphatic carboxylic acids is 3. The summed E-state index contributed by atoms with van der Waals surface area (Å²) < 4.78 is 24.6. The summed E-state index contributed by atoms with van der Waals surface area (Å²) >= 11 is 0. The average Bonchev–Trinajstić information content (AvgIpc) is 2.79. The Balaban J connectivity index is 0. The Morgan fingerprint density at radius 3 is 1.71 bits per heavy atom. The van der Waals surface area contributed by atoms with E-state index in [4.69, 9.17) is 20.4 Å². The third-order valence-corrected chi connectivity index (χ3v) is 6.74. The largest absolute Gasteiger partial charge is 0.502 e. The molecule has 9 nitrogen and oxygen atoms in total. The van der Waals surface area contributed by atoms with Gasteiger partial charge in [-0.25, -0.2) is 22.8 Å². The molecule has 0 amide bonds. The van der Waals surface area contributed by atoms with Crippen molar-refractivity contribution in [1.82, 2.24) is 0 Å². The molecule has 0 aliphatic rings. The molecule has 196 valence electrons. The Hall–Kier alpha value is -3.40. The third-order valence-electron chi connectivity index (χ3n) is 4.60. The number of carboxylic acid groups (broad SMARTS) is 3. The maximum atomic E-state index is 12.3. The molecule has 35 heavy (non-hydrogen) atoms. The highest BCUT2D eigenvalue weighted by atomic mass is 32.2. The van der Waals surface area contributed by atoms with E-state index < -0.39 is 33.5 Å². The smallest absolute Gasteiger partial charge is 0.370 e. The quantitative estimate of drug-likeness (QED) is 0.195. The number of allylic oxidation sites excluding steroid dienone is 3. The minimum atomic E-state index is -3.71. The lowest BCUT2D eigenvalue weighted by atomic mass is 10.2. The first-order chi connectivity index (χ1) is 16.2. The zero-order valence-electron chi connectivity index (χ0n) is 21.0. The zero-order valence-corrected chi connectivity index (χ0v) is 21.8. The van der Waals surface area contributed by atoms with E-state index in [0.717, 1.165) is 18.4 Å². The van der Waals surface area contributed by atoms with Gasteiger partial charge >= 0.3 is 17.9 Å². The van der Waals surface area contributed by atoms with Crippen LogP contribution in [0.1, 0.15) is 65.9 Å². The van der Waals surface area contributed by atoms with Gasteiger partial charge in [0, 0.05) is 11.1 Å². The zero-order chi connectivity index (χ0) is 27.8. The SMILES string of the molecule is C/C=C(\C)C(=O)O.CC/C(=C(/C)C(=O)O)S(=O)(=O)c1ccc(C)cc1.CCCC/C=C(\O)C(=O)O. The first kappa shape index (κ1) is 33.8. The van der Waals surface area contributed by atoms with E-state index in [-0.39, 0.29) is 21.8 Å². The number of hydrogen-bond donors (Lipinski definition) is 4. The van der Waals surface area contributed by atoms with Gasteiger partial charge in [0.15, 0.2) is 5.76 Å². The van der Waals surface area contributed by atoms with E-state index in [9.17, 15) is 22.8 Å². The van der Waals surface area contributed by atoms with Crippen LogP contribution in [0.4, 0.5) is 0 Å². The first-order valence-corrected chi connectivity index (χ1v) is 12.4. The maximum absolute atomic E-state index is 12.3. The minimum Gasteiger partial charge on any atom is -0.502 e. The van der Waals surface area contributed by atoms with Crippen molar-refractivity contribution in [2.75, 3.05) is 0 Å². The molecule has 0 aromatic heterocycles. The highest BCUT2D eigenvalue weighted by Gasteiger charge is 2.23. The molecule has 0 aliphatic carbocycles. The highest BCUT2D eigenvalue weighted by molar-refractivity contribution is 7.95. The number of aliphatic hydroxyl groups excluding tert-OH is 1. The summed E-state index contributed by atoms with van der Waals surface area (Å²) in [5, 5.41) is 33.8. The molecule has 1 rings (SSSR count). The maximum Gasteiger partial charge on any atom is 0.370 e. The number of rotatable bonds is 9. The summed E-state index contributed by atoms with van der Waals surface area (Å²) in [6.45, 7) is 10.1. The molecule has 0 unspecified atom stereocenters. The van der Waals surface area contributed by atoms with Crippen LogP contribution >= 0.6 is 0 Å². The van der Waals surface area contributed by atoms with Gasteiger partial charge < -0.3 is 20.4 Å². The molecule has 0 radical (unpaired) electrons. The second-order valence-electron chi connectivity index (χ2n) is 7.34. The minimum absolute atomic E-state index is 0.0427. The third kappa shape index (κ3) is 13.2. The van der Waals surface area contributed by atoms with Crippen LogP contribution in [0.2, 0.25) is 0 Å². The predicted octanol–water partition coefficient (Wildman–Crippen LogP) is 5.28. The normalized spacial score (nSPS) is 12.3. The lowest BCUT2D eigenvalue weighted by Crippen LogP contribution is -2.10. The number of unbranched alkanes of at least 4 members (excludes halogenated alkanes) is 2. The van der Waals surface area contributed by atoms with Crippen LogP contribution in [0.3, 0.4) is 0 Å². The van der Waals surface area contributed by atoms with Gasteiger partial charge in [-0.1, -0.05) is 44.0 Å². The van der Waals surface area contributed by atoms with E-state index >= 15 is 0 Å². The Morgan fingerprint density at radius 1 is 0.886 bits per heavy atom. The van der Waals surface area contributed by atoms with E-state index in [1.165, 1.54) is 25.1 Å². The van der Waals surface area contributed by atoms with E-state index in [0.29, 0.717) is 12.0 Å². The van der Waals surface area contributed by atoms with Crippen LogP contribution in [0.25, 0.3) is 0 Å². The predicted molar refractivity (Wildman–Crippen MR) is 134 cm³/mol. The van der Waals surface area contributed by atoms with Crippen LogP contribution in [0, 0.1) is 6.92 Å². The van der Waals surface area contributed by atoms with Gasteiger partial charge in [-0.05, 0) is 65.2 Å². The summed E-state index contributed by atoms with van der Waals surface area (Å²) in [5.41, 5.74) is 1.21. The van der Waals surface area contributed by atoms with Crippen molar-refractivity contribution >= 4 is 27.7 Å². The standard InChI is InChI=1S/C13H16O4S.C7H12O3.C5H8O2/c1-4-12(10(3)13(14)15)18(16,17)11-7-5-9(2)6-8-11;1-2-3-4-5-6(8)7(9)10;1-3-4(2)5(6)7/h5-8H,4H2,1-3H3,(H,14,15);5,8H,2-4H2,1H3,(H,9,10);3H,1-2H3,(H,6,7)/b12-10+;6-5-;4-3+. The highest BCUT2D eigenvalue weighted by Crippen LogP contribution is 2.25. The molecule has 1 aromatic rings. The van der Waals surface area contributed by atoms with Crippen LogP contribution in [-0.2, 0) is 24.2 Å². The number of carbonyl (C=O) groups is 3. The molecular weight excluding hydrogens is 476 g/mol. The van der Waals surface area contributed by atoms with Crippen LogP contribution < -0.4 is 0 Å². The molecular formula is C25H36O9S. The topological polar surface area (TPSA) is 166 Å². The molecule has 0 bridgehead atoms. The number of aryl methyl sites for hydroxylation is 1. The van der Waals surface area contributed by atoms with Crippen molar-refractivity contribution in [2.24, 2.45) is 0 Å². The fourth-order valence-corrected chi connectivity index (χ4v) is 3.94. The summed E-state index contributed by atoms with van der Waals surface area (Å²) in [6, 6.07) is 6.37. The molecule has 4 N–H and O–H groups in total. The van der Waals surface area contributed by atoms with Gasteiger partial charge in [0.2, 0.25) is 9.84 Å². The van der Waals surface area contributed by atoms with Crippen LogP contribution in [0.5, 0.6) is 0 Å². The van der Waals surface area contributed by atoms with Gasteiger partial charge in [0.25, 0.3) is 0 Å². The van der Waals surface area contributed by atoms with Crippen molar-refractivity contribution in [2.45, 2.75) is 72.1 Å². The van der Waals surface area contributed by atoms with Crippen molar-refractivity contribution in [3.63, 3.8) is 0 Å². The number of sulfone groups is 1. The fourth-order valence-electron chi connectivity index (χ4n) is 2.29. The number of carboxylic acids is 3. The molecule has 0 fully saturated rings. The Labute approximate surface area is 207 Å². The molecule has 10 heteroatoms. The molecule has 0 heterocycles. The van der Waals surface area contributed by atoms with E-state index in [1.54, 1.807) is 39.0 Å². The molecule has 0 saturated heterocycles. The summed E-state index contributed by atoms with van der Waals surface area (Å²) in [6.07, 6.45) is 5.60. The lowest BCUT2D eigenvalue weighted by Gasteiger charge is -2.09. The Bertz CT molecular complexity index is 1040. The Morgan fingerprint density at radius 2 is 1.40 bits per heavy atom. The van der Waals surface area contributed by atoms with Crippen molar-refractivity contribution in [3.05, 3.63) is 63.8 Å². The van der Waals surface area contributed by atoms with Gasteiger partial charge in [-0.15, -0.1) is 0 Å². The second kappa shape index (κ2) is 17.1. The van der Waals surface area contributed by atoms with E-state index in [1.807, 2.05) is 13.8 Å². The fraction of sp³-hybridized carbons (Fsp3) is 0.400. The Kier molecular flexibility index (Phi) is 16.5. The van der Waals surface area contributed by atoms with Crippen LogP contribution in [0.15, 0.2) is 63.1 Å². The number of benzene rings is 1. The average molecular weight is 513 g/mol. The van der Waals surface area contributed by atoms with Gasteiger partial charge in [0.1, 0.15) is 0 Å². The molecule has 0 spiro atoms. The van der Waals surface area contributed by atoms with E-state index in [2.05, 4.69) is 0 Å². The van der Waals surface area contributed by atoms with Gasteiger partial charge in [-0.3, -0.25) is 0 Å². The first-order valence-electron chi connectivity index (χ1n) is 10.9.